The highest BCUT2D eigenvalue weighted by atomic mass is 19.4. The normalized spacial score (nSPS) is 11.0. The summed E-state index contributed by atoms with van der Waals surface area (Å²) >= 11 is 0. The van der Waals surface area contributed by atoms with Crippen LogP contribution in [-0.4, -0.2) is 11.8 Å². The lowest BCUT2D eigenvalue weighted by Gasteiger charge is -2.08. The van der Waals surface area contributed by atoms with Gasteiger partial charge in [-0.25, -0.2) is 0 Å². The number of hydrogen-bond donors (Lipinski definition) is 2. The number of ether oxygens (including phenoxy) is 1. The lowest BCUT2D eigenvalue weighted by Crippen LogP contribution is -2.10. The lowest BCUT2D eigenvalue weighted by atomic mass is 10.1. The maximum Gasteiger partial charge on any atom is 0.416 e. The Balaban J connectivity index is 2.87. The molecule has 0 fully saturated rings. The molecule has 86 valence electrons. The van der Waals surface area contributed by atoms with Gasteiger partial charge >= 0.3 is 6.18 Å². The lowest BCUT2D eigenvalue weighted by molar-refractivity contribution is -0.137. The minimum absolute atomic E-state index is 0.190. The summed E-state index contributed by atoms with van der Waals surface area (Å²) < 4.78 is 41.3. The molecule has 1 rings (SSSR count). The highest BCUT2D eigenvalue weighted by molar-refractivity contribution is 5.98. The summed E-state index contributed by atoms with van der Waals surface area (Å²) in [5.74, 6) is -0.536. The molecule has 0 unspecified atom stereocenters. The van der Waals surface area contributed by atoms with Crippen molar-refractivity contribution in [3.8, 4) is 0 Å². The van der Waals surface area contributed by atoms with E-state index in [0.29, 0.717) is 0 Å². The van der Waals surface area contributed by atoms with E-state index in [1.807, 2.05) is 0 Å². The molecule has 0 saturated heterocycles. The van der Waals surface area contributed by atoms with E-state index in [9.17, 15) is 13.2 Å². The predicted octanol–water partition coefficient (Wildman–Crippen LogP) is 3.04. The fourth-order valence-electron chi connectivity index (χ4n) is 1.02. The van der Waals surface area contributed by atoms with Crippen LogP contribution >= 0.6 is 0 Å². The van der Waals surface area contributed by atoms with E-state index in [-0.39, 0.29) is 17.4 Å². The Bertz CT molecular complexity index is 409. The average Bonchev–Trinajstić information content (AvgIpc) is 2.15. The molecule has 0 heterocycles. The van der Waals surface area contributed by atoms with Crippen LogP contribution in [0.5, 0.6) is 0 Å². The van der Waals surface area contributed by atoms with E-state index in [2.05, 4.69) is 4.74 Å². The van der Waals surface area contributed by atoms with Gasteiger partial charge in [-0.1, -0.05) is 0 Å². The Morgan fingerprint density at radius 1 is 1.12 bits per heavy atom. The van der Waals surface area contributed by atoms with Crippen LogP contribution < -0.4 is 0 Å². The van der Waals surface area contributed by atoms with Crippen molar-refractivity contribution in [1.82, 2.24) is 0 Å². The van der Waals surface area contributed by atoms with Gasteiger partial charge in [-0.3, -0.25) is 10.8 Å². The quantitative estimate of drug-likeness (QED) is 0.565. The third kappa shape index (κ3) is 3.08. The summed E-state index contributed by atoms with van der Waals surface area (Å²) in [6, 6.07) is 4.00. The monoisotopic (exact) mass is 230 g/mol. The first kappa shape index (κ1) is 12.2. The minimum atomic E-state index is -4.39. The van der Waals surface area contributed by atoms with Crippen LogP contribution in [0.2, 0.25) is 0 Å². The van der Waals surface area contributed by atoms with E-state index in [1.54, 1.807) is 0 Å². The molecule has 0 aliphatic carbocycles. The van der Waals surface area contributed by atoms with E-state index < -0.39 is 11.7 Å². The standard InChI is InChI=1S/C10H9F3N2O/c1-6(14)16-9(15)7-2-4-8(5-3-7)10(11,12)13/h2-5,14-15H,1H3. The average molecular weight is 230 g/mol. The van der Waals surface area contributed by atoms with Crippen molar-refractivity contribution in [3.05, 3.63) is 35.4 Å². The molecule has 3 nitrogen and oxygen atoms in total. The van der Waals surface area contributed by atoms with Gasteiger partial charge in [-0.15, -0.1) is 0 Å². The SMILES string of the molecule is CC(=N)OC(=N)c1ccc(C(F)(F)F)cc1. The molecular formula is C10H9F3N2O. The van der Waals surface area contributed by atoms with Crippen molar-refractivity contribution < 1.29 is 17.9 Å². The van der Waals surface area contributed by atoms with Crippen molar-refractivity contribution in [2.75, 3.05) is 0 Å². The van der Waals surface area contributed by atoms with E-state index >= 15 is 0 Å². The highest BCUT2D eigenvalue weighted by Gasteiger charge is 2.30. The zero-order chi connectivity index (χ0) is 12.3. The highest BCUT2D eigenvalue weighted by Crippen LogP contribution is 2.29. The zero-order valence-electron chi connectivity index (χ0n) is 8.35. The van der Waals surface area contributed by atoms with Crippen molar-refractivity contribution in [1.29, 1.82) is 10.8 Å². The van der Waals surface area contributed by atoms with Crippen molar-refractivity contribution >= 4 is 11.8 Å². The second kappa shape index (κ2) is 4.34. The van der Waals surface area contributed by atoms with E-state index in [4.69, 9.17) is 10.8 Å². The van der Waals surface area contributed by atoms with E-state index in [0.717, 1.165) is 24.3 Å². The first-order chi connectivity index (χ1) is 7.30. The smallest absolute Gasteiger partial charge is 0.416 e. The molecular weight excluding hydrogens is 221 g/mol. The Labute approximate surface area is 89.9 Å². The maximum atomic E-state index is 12.2. The summed E-state index contributed by atoms with van der Waals surface area (Å²) in [7, 11) is 0. The molecule has 0 atom stereocenters. The molecule has 1 aromatic carbocycles. The molecule has 2 N–H and O–H groups in total. The van der Waals surface area contributed by atoms with Crippen LogP contribution in [0.25, 0.3) is 0 Å². The molecule has 0 amide bonds. The van der Waals surface area contributed by atoms with Gasteiger partial charge in [0.05, 0.1) is 5.56 Å². The first-order valence-corrected chi connectivity index (χ1v) is 4.30. The number of alkyl halides is 3. The molecule has 0 aliphatic heterocycles. The summed E-state index contributed by atoms with van der Waals surface area (Å²) in [6.45, 7) is 1.33. The van der Waals surface area contributed by atoms with Gasteiger partial charge in [0, 0.05) is 12.5 Å². The van der Waals surface area contributed by atoms with Crippen LogP contribution in [0.3, 0.4) is 0 Å². The fraction of sp³-hybridized carbons (Fsp3) is 0.200. The van der Waals surface area contributed by atoms with E-state index in [1.165, 1.54) is 6.92 Å². The van der Waals surface area contributed by atoms with Crippen molar-refractivity contribution in [2.24, 2.45) is 0 Å². The van der Waals surface area contributed by atoms with Crippen molar-refractivity contribution in [2.45, 2.75) is 13.1 Å². The van der Waals surface area contributed by atoms with Crippen molar-refractivity contribution in [3.63, 3.8) is 0 Å². The van der Waals surface area contributed by atoms with Gasteiger partial charge in [0.2, 0.25) is 5.90 Å². The molecule has 1 aromatic rings. The van der Waals surface area contributed by atoms with Crippen LogP contribution in [0.1, 0.15) is 18.1 Å². The number of nitrogens with one attached hydrogen (secondary N) is 2. The molecule has 0 saturated carbocycles. The molecule has 0 bridgehead atoms. The Morgan fingerprint density at radius 3 is 2.00 bits per heavy atom. The molecule has 0 radical (unpaired) electrons. The maximum absolute atomic E-state index is 12.2. The molecule has 0 aromatic heterocycles. The Hall–Kier alpha value is -1.85. The molecule has 0 aliphatic rings. The number of benzene rings is 1. The molecule has 0 spiro atoms. The van der Waals surface area contributed by atoms with Gasteiger partial charge in [0.15, 0.2) is 5.90 Å². The van der Waals surface area contributed by atoms with Crippen LogP contribution in [-0.2, 0) is 10.9 Å². The van der Waals surface area contributed by atoms with Gasteiger partial charge in [-0.05, 0) is 24.3 Å². The van der Waals surface area contributed by atoms with Gasteiger partial charge in [-0.2, -0.15) is 13.2 Å². The summed E-state index contributed by atoms with van der Waals surface area (Å²) in [5.41, 5.74) is -0.588. The van der Waals surface area contributed by atoms with Gasteiger partial charge in [0.25, 0.3) is 0 Å². The molecule has 16 heavy (non-hydrogen) atoms. The summed E-state index contributed by atoms with van der Waals surface area (Å²) in [6.07, 6.45) is -4.39. The Kier molecular flexibility index (Phi) is 3.31. The largest absolute Gasteiger partial charge is 0.426 e. The summed E-state index contributed by atoms with van der Waals surface area (Å²) in [4.78, 5) is 0. The minimum Gasteiger partial charge on any atom is -0.426 e. The third-order valence-corrected chi connectivity index (χ3v) is 1.73. The fourth-order valence-corrected chi connectivity index (χ4v) is 1.02. The van der Waals surface area contributed by atoms with Crippen LogP contribution in [0.15, 0.2) is 24.3 Å². The predicted molar refractivity (Wildman–Crippen MR) is 52.8 cm³/mol. The van der Waals surface area contributed by atoms with Gasteiger partial charge in [0.1, 0.15) is 0 Å². The van der Waals surface area contributed by atoms with Crippen LogP contribution in [0, 0.1) is 10.8 Å². The zero-order valence-corrected chi connectivity index (χ0v) is 8.35. The second-order valence-corrected chi connectivity index (χ2v) is 3.06. The third-order valence-electron chi connectivity index (χ3n) is 1.73. The topological polar surface area (TPSA) is 56.9 Å². The Morgan fingerprint density at radius 2 is 1.62 bits per heavy atom. The summed E-state index contributed by atoms with van der Waals surface area (Å²) in [5, 5.41) is 14.3. The number of hydrogen-bond acceptors (Lipinski definition) is 3. The van der Waals surface area contributed by atoms with Gasteiger partial charge < -0.3 is 4.74 Å². The second-order valence-electron chi connectivity index (χ2n) is 3.06. The number of halogens is 3. The number of rotatable bonds is 1. The van der Waals surface area contributed by atoms with Crippen LogP contribution in [0.4, 0.5) is 13.2 Å². The molecule has 6 heteroatoms. The first-order valence-electron chi connectivity index (χ1n) is 4.30.